The number of carbonyl (C=O) groups is 1. The average Bonchev–Trinajstić information content (AvgIpc) is 3.10. The number of hydrogen-bond acceptors (Lipinski definition) is 7. The Morgan fingerprint density at radius 1 is 1.37 bits per heavy atom. The lowest BCUT2D eigenvalue weighted by Gasteiger charge is -2.15. The van der Waals surface area contributed by atoms with Crippen LogP contribution in [0.1, 0.15) is 19.3 Å². The molecule has 1 aliphatic heterocycles. The lowest BCUT2D eigenvalue weighted by molar-refractivity contribution is -0.123. The summed E-state index contributed by atoms with van der Waals surface area (Å²) in [6, 6.07) is 8.06. The number of carbonyl (C=O) groups excluding carboxylic acids is 1. The Labute approximate surface area is 156 Å². The number of nitrogens with one attached hydrogen (secondary N) is 2. The summed E-state index contributed by atoms with van der Waals surface area (Å²) in [5.41, 5.74) is -0.348. The number of rotatable bonds is 5. The highest BCUT2D eigenvalue weighted by atomic mass is 32.2. The summed E-state index contributed by atoms with van der Waals surface area (Å²) in [5.74, 6) is -0.323. The van der Waals surface area contributed by atoms with E-state index in [-0.39, 0.29) is 23.8 Å². The minimum absolute atomic E-state index is 0.152. The highest BCUT2D eigenvalue weighted by molar-refractivity contribution is 7.92. The van der Waals surface area contributed by atoms with E-state index in [2.05, 4.69) is 27.0 Å². The third-order valence-electron chi connectivity index (χ3n) is 5.01. The van der Waals surface area contributed by atoms with Crippen LogP contribution in [0.4, 0.5) is 0 Å². The van der Waals surface area contributed by atoms with Gasteiger partial charge in [0.1, 0.15) is 5.54 Å². The number of aromatic nitrogens is 3. The Bertz CT molecular complexity index is 1010. The van der Waals surface area contributed by atoms with E-state index in [1.165, 1.54) is 16.9 Å². The Kier molecular flexibility index (Phi) is 4.20. The van der Waals surface area contributed by atoms with Crippen LogP contribution in [0.3, 0.4) is 0 Å². The molecule has 2 fully saturated rings. The predicted octanol–water partition coefficient (Wildman–Crippen LogP) is -0.0561. The molecule has 2 N–H and O–H groups in total. The lowest BCUT2D eigenvalue weighted by atomic mass is 10.2. The smallest absolute Gasteiger partial charge is 0.238 e. The van der Waals surface area contributed by atoms with Crippen LogP contribution >= 0.6 is 0 Å². The van der Waals surface area contributed by atoms with Gasteiger partial charge in [-0.15, -0.1) is 5.10 Å². The Hall–Kier alpha value is -2.77. The van der Waals surface area contributed by atoms with Crippen molar-refractivity contribution in [1.29, 1.82) is 5.26 Å². The van der Waals surface area contributed by atoms with Crippen molar-refractivity contribution in [2.75, 3.05) is 6.54 Å². The van der Waals surface area contributed by atoms with Crippen molar-refractivity contribution in [3.8, 4) is 11.8 Å². The molecular formula is C17H18N6O3S. The normalized spacial score (nSPS) is 23.5. The molecule has 0 radical (unpaired) electrons. The second-order valence-electron chi connectivity index (χ2n) is 6.86. The van der Waals surface area contributed by atoms with Crippen molar-refractivity contribution in [1.82, 2.24) is 25.6 Å². The first-order valence-corrected chi connectivity index (χ1v) is 10.2. The fraction of sp³-hybridized carbons (Fsp3) is 0.412. The van der Waals surface area contributed by atoms with Crippen molar-refractivity contribution in [3.63, 3.8) is 0 Å². The summed E-state index contributed by atoms with van der Waals surface area (Å²) in [6.45, 7) is 0.172. The van der Waals surface area contributed by atoms with Crippen LogP contribution < -0.4 is 10.6 Å². The second kappa shape index (κ2) is 6.44. The number of nitrogens with zero attached hydrogens (tertiary/aromatic N) is 4. The van der Waals surface area contributed by atoms with E-state index < -0.39 is 26.7 Å². The summed E-state index contributed by atoms with van der Waals surface area (Å²) < 4.78 is 27.8. The van der Waals surface area contributed by atoms with Gasteiger partial charge in [-0.05, 0) is 31.4 Å². The molecule has 4 rings (SSSR count). The van der Waals surface area contributed by atoms with Gasteiger partial charge < -0.3 is 10.6 Å². The molecule has 27 heavy (non-hydrogen) atoms. The number of benzene rings is 1. The zero-order valence-corrected chi connectivity index (χ0v) is 15.2. The van der Waals surface area contributed by atoms with Crippen molar-refractivity contribution in [2.45, 2.75) is 41.0 Å². The van der Waals surface area contributed by atoms with E-state index in [1.807, 2.05) is 0 Å². The zero-order chi connectivity index (χ0) is 19.1. The van der Waals surface area contributed by atoms with Gasteiger partial charge in [-0.1, -0.05) is 17.3 Å². The molecule has 2 atom stereocenters. The Morgan fingerprint density at radius 2 is 2.15 bits per heavy atom. The van der Waals surface area contributed by atoms with Crippen LogP contribution in [0.25, 0.3) is 5.69 Å². The molecule has 2 aliphatic rings. The van der Waals surface area contributed by atoms with Gasteiger partial charge in [-0.3, -0.25) is 4.79 Å². The van der Waals surface area contributed by atoms with Gasteiger partial charge in [0.2, 0.25) is 5.91 Å². The first-order chi connectivity index (χ1) is 13.0. The van der Waals surface area contributed by atoms with Crippen LogP contribution in [0.2, 0.25) is 0 Å². The number of hydrogen-bond donors (Lipinski definition) is 2. The molecule has 1 aromatic heterocycles. The molecule has 9 nitrogen and oxygen atoms in total. The summed E-state index contributed by atoms with van der Waals surface area (Å²) in [6.07, 6.45) is 4.48. The maximum absolute atomic E-state index is 13.2. The van der Waals surface area contributed by atoms with Crippen LogP contribution in [0.5, 0.6) is 0 Å². The van der Waals surface area contributed by atoms with Crippen LogP contribution in [0, 0.1) is 11.3 Å². The first-order valence-electron chi connectivity index (χ1n) is 8.61. The molecule has 140 valence electrons. The zero-order valence-electron chi connectivity index (χ0n) is 14.4. The second-order valence-corrected chi connectivity index (χ2v) is 9.06. The lowest BCUT2D eigenvalue weighted by Crippen LogP contribution is -2.45. The predicted molar refractivity (Wildman–Crippen MR) is 94.5 cm³/mol. The molecular weight excluding hydrogens is 368 g/mol. The largest absolute Gasteiger partial charge is 0.336 e. The first kappa shape index (κ1) is 17.6. The van der Waals surface area contributed by atoms with Gasteiger partial charge in [0.15, 0.2) is 9.84 Å². The highest BCUT2D eigenvalue weighted by Gasteiger charge is 2.47. The maximum Gasteiger partial charge on any atom is 0.238 e. The molecule has 2 heterocycles. The topological polar surface area (TPSA) is 130 Å². The SMILES string of the molecule is N#CC1(NC(=O)C2CC(S(=O)(=O)c3ccccc3-n3ccnn3)CN2)CC1. The molecule has 1 aliphatic carbocycles. The molecule has 1 saturated carbocycles. The number of sulfone groups is 1. The Morgan fingerprint density at radius 3 is 2.81 bits per heavy atom. The van der Waals surface area contributed by atoms with Crippen molar-refractivity contribution in [2.24, 2.45) is 0 Å². The molecule has 2 unspecified atom stereocenters. The van der Waals surface area contributed by atoms with Crippen LogP contribution in [0.15, 0.2) is 41.6 Å². The molecule has 1 aromatic carbocycles. The van der Waals surface area contributed by atoms with Gasteiger partial charge in [0.05, 0.1) is 40.3 Å². The van der Waals surface area contributed by atoms with Crippen LogP contribution in [-0.2, 0) is 14.6 Å². The minimum Gasteiger partial charge on any atom is -0.336 e. The van der Waals surface area contributed by atoms with E-state index >= 15 is 0 Å². The number of amides is 1. The molecule has 1 saturated heterocycles. The Balaban J connectivity index is 1.54. The van der Waals surface area contributed by atoms with Crippen LogP contribution in [-0.4, -0.2) is 52.7 Å². The average molecular weight is 386 g/mol. The van der Waals surface area contributed by atoms with Crippen molar-refractivity contribution in [3.05, 3.63) is 36.7 Å². The van der Waals surface area contributed by atoms with E-state index in [4.69, 9.17) is 5.26 Å². The number of nitriles is 1. The van der Waals surface area contributed by atoms with Crippen molar-refractivity contribution < 1.29 is 13.2 Å². The fourth-order valence-corrected chi connectivity index (χ4v) is 5.10. The van der Waals surface area contributed by atoms with E-state index in [0.29, 0.717) is 18.5 Å². The standard InChI is InChI=1S/C17H18N6O3S/c18-11-17(5-6-17)21-16(24)13-9-12(10-19-13)27(25,26)15-4-2-1-3-14(15)23-8-7-20-22-23/h1-4,7-8,12-13,19H,5-6,9-10H2,(H,21,24). The van der Waals surface area contributed by atoms with Crippen molar-refractivity contribution >= 4 is 15.7 Å². The summed E-state index contributed by atoms with van der Waals surface area (Å²) in [5, 5.41) is 21.7. The number of para-hydroxylation sites is 1. The molecule has 2 aromatic rings. The minimum atomic E-state index is -3.69. The molecule has 10 heteroatoms. The highest BCUT2D eigenvalue weighted by Crippen LogP contribution is 2.35. The van der Waals surface area contributed by atoms with Gasteiger partial charge in [-0.25, -0.2) is 13.1 Å². The van der Waals surface area contributed by atoms with Gasteiger partial charge in [0.25, 0.3) is 0 Å². The van der Waals surface area contributed by atoms with Gasteiger partial charge >= 0.3 is 0 Å². The monoisotopic (exact) mass is 386 g/mol. The summed E-state index contributed by atoms with van der Waals surface area (Å²) >= 11 is 0. The third-order valence-corrected chi connectivity index (χ3v) is 7.21. The third kappa shape index (κ3) is 3.20. The van der Waals surface area contributed by atoms with E-state index in [1.54, 1.807) is 24.4 Å². The van der Waals surface area contributed by atoms with E-state index in [0.717, 1.165) is 0 Å². The molecule has 1 amide bonds. The quantitative estimate of drug-likeness (QED) is 0.736. The molecule has 0 spiro atoms. The summed E-state index contributed by atoms with van der Waals surface area (Å²) in [7, 11) is -3.69. The van der Waals surface area contributed by atoms with Gasteiger partial charge in [-0.2, -0.15) is 5.26 Å². The summed E-state index contributed by atoms with van der Waals surface area (Å²) in [4.78, 5) is 12.5. The molecule has 0 bridgehead atoms. The fourth-order valence-electron chi connectivity index (χ4n) is 3.26. The van der Waals surface area contributed by atoms with Gasteiger partial charge in [0, 0.05) is 6.54 Å². The maximum atomic E-state index is 13.2. The van der Waals surface area contributed by atoms with E-state index in [9.17, 15) is 13.2 Å².